The number of hydrogen-bond donors (Lipinski definition) is 2. The summed E-state index contributed by atoms with van der Waals surface area (Å²) in [4.78, 5) is 13.0. The minimum absolute atomic E-state index is 0.174. The maximum Gasteiger partial charge on any atom is 0.261 e. The van der Waals surface area contributed by atoms with Gasteiger partial charge >= 0.3 is 0 Å². The molecule has 0 aromatic heterocycles. The molecule has 156 valence electrons. The van der Waals surface area contributed by atoms with Gasteiger partial charge in [0.25, 0.3) is 15.9 Å². The summed E-state index contributed by atoms with van der Waals surface area (Å²) in [6, 6.07) is 19.3. The van der Waals surface area contributed by atoms with Crippen LogP contribution in [0.25, 0.3) is 0 Å². The van der Waals surface area contributed by atoms with Gasteiger partial charge in [0.15, 0.2) is 0 Å². The highest BCUT2D eigenvalue weighted by atomic mass is 32.2. The molecule has 6 heteroatoms. The van der Waals surface area contributed by atoms with Crippen molar-refractivity contribution in [1.82, 2.24) is 0 Å². The summed E-state index contributed by atoms with van der Waals surface area (Å²) in [7, 11) is -3.75. The number of aryl methyl sites for hydroxylation is 1. The highest BCUT2D eigenvalue weighted by Gasteiger charge is 2.18. The van der Waals surface area contributed by atoms with Gasteiger partial charge in [0.2, 0.25) is 0 Å². The molecule has 5 nitrogen and oxygen atoms in total. The molecule has 0 radical (unpaired) electrons. The first-order chi connectivity index (χ1) is 14.2. The summed E-state index contributed by atoms with van der Waals surface area (Å²) in [6.45, 7) is 7.84. The highest BCUT2D eigenvalue weighted by Crippen LogP contribution is 2.24. The molecule has 1 amide bonds. The number of anilines is 2. The first kappa shape index (κ1) is 21.6. The molecule has 30 heavy (non-hydrogen) atoms. The molecular formula is C24H26N2O3S. The highest BCUT2D eigenvalue weighted by molar-refractivity contribution is 7.92. The second-order valence-corrected chi connectivity index (χ2v) is 9.31. The standard InChI is InChI=1S/C24H26N2O3S/c1-16(2)19-10-12-20(13-11-19)25-24(27)22-6-5-7-23(18(22)4)26-30(28,29)21-14-8-17(3)9-15-21/h5-16,26H,1-4H3,(H,25,27). The lowest BCUT2D eigenvalue weighted by molar-refractivity contribution is 0.102. The Kier molecular flexibility index (Phi) is 6.27. The first-order valence-electron chi connectivity index (χ1n) is 9.78. The lowest BCUT2D eigenvalue weighted by atomic mass is 10.0. The monoisotopic (exact) mass is 422 g/mol. The van der Waals surface area contributed by atoms with Gasteiger partial charge in [0, 0.05) is 11.3 Å². The number of hydrogen-bond acceptors (Lipinski definition) is 3. The predicted molar refractivity (Wildman–Crippen MR) is 122 cm³/mol. The minimum atomic E-state index is -3.75. The van der Waals surface area contributed by atoms with Crippen LogP contribution in [0.3, 0.4) is 0 Å². The Hall–Kier alpha value is -3.12. The molecule has 0 aliphatic carbocycles. The number of rotatable bonds is 6. The van der Waals surface area contributed by atoms with Gasteiger partial charge in [-0.3, -0.25) is 9.52 Å². The van der Waals surface area contributed by atoms with E-state index in [1.165, 1.54) is 5.56 Å². The van der Waals surface area contributed by atoms with Gasteiger partial charge in [0.05, 0.1) is 10.6 Å². The van der Waals surface area contributed by atoms with Crippen LogP contribution in [0.2, 0.25) is 0 Å². The number of benzene rings is 3. The zero-order valence-electron chi connectivity index (χ0n) is 17.6. The molecule has 0 aliphatic rings. The van der Waals surface area contributed by atoms with Crippen molar-refractivity contribution in [2.75, 3.05) is 10.0 Å². The molecule has 0 fully saturated rings. The molecule has 0 bridgehead atoms. The molecule has 3 aromatic carbocycles. The van der Waals surface area contributed by atoms with E-state index in [9.17, 15) is 13.2 Å². The van der Waals surface area contributed by atoms with E-state index in [0.717, 1.165) is 5.56 Å². The van der Waals surface area contributed by atoms with E-state index < -0.39 is 10.0 Å². The van der Waals surface area contributed by atoms with Crippen LogP contribution in [0.4, 0.5) is 11.4 Å². The molecule has 2 N–H and O–H groups in total. The molecular weight excluding hydrogens is 396 g/mol. The van der Waals surface area contributed by atoms with Crippen LogP contribution < -0.4 is 10.0 Å². The number of carbonyl (C=O) groups is 1. The van der Waals surface area contributed by atoms with Gasteiger partial charge in [0.1, 0.15) is 0 Å². The van der Waals surface area contributed by atoms with Crippen molar-refractivity contribution in [3.8, 4) is 0 Å². The van der Waals surface area contributed by atoms with Crippen molar-refractivity contribution >= 4 is 27.3 Å². The SMILES string of the molecule is Cc1ccc(S(=O)(=O)Nc2cccc(C(=O)Nc3ccc(C(C)C)cc3)c2C)cc1. The second-order valence-electron chi connectivity index (χ2n) is 7.63. The van der Waals surface area contributed by atoms with Gasteiger partial charge in [-0.05, 0) is 67.3 Å². The molecule has 3 aromatic rings. The first-order valence-corrected chi connectivity index (χ1v) is 11.3. The van der Waals surface area contributed by atoms with E-state index in [4.69, 9.17) is 0 Å². The Morgan fingerprint density at radius 1 is 0.867 bits per heavy atom. The molecule has 0 spiro atoms. The van der Waals surface area contributed by atoms with Crippen molar-refractivity contribution in [3.05, 3.63) is 89.0 Å². The third-order valence-corrected chi connectivity index (χ3v) is 6.37. The third-order valence-electron chi connectivity index (χ3n) is 4.99. The topological polar surface area (TPSA) is 75.3 Å². The van der Waals surface area contributed by atoms with E-state index in [-0.39, 0.29) is 10.8 Å². The zero-order valence-corrected chi connectivity index (χ0v) is 18.4. The summed E-state index contributed by atoms with van der Waals surface area (Å²) >= 11 is 0. The van der Waals surface area contributed by atoms with Crippen LogP contribution in [-0.2, 0) is 10.0 Å². The number of sulfonamides is 1. The van der Waals surface area contributed by atoms with Crippen molar-refractivity contribution in [2.45, 2.75) is 38.5 Å². The molecule has 0 aliphatic heterocycles. The van der Waals surface area contributed by atoms with Crippen LogP contribution in [-0.4, -0.2) is 14.3 Å². The van der Waals surface area contributed by atoms with Crippen LogP contribution in [0, 0.1) is 13.8 Å². The lowest BCUT2D eigenvalue weighted by Crippen LogP contribution is -2.17. The molecule has 0 saturated heterocycles. The fourth-order valence-electron chi connectivity index (χ4n) is 3.06. The zero-order chi connectivity index (χ0) is 21.9. The summed E-state index contributed by atoms with van der Waals surface area (Å²) in [5.74, 6) is 0.122. The van der Waals surface area contributed by atoms with E-state index in [2.05, 4.69) is 23.9 Å². The Bertz CT molecular complexity index is 1150. The maximum atomic E-state index is 12.8. The van der Waals surface area contributed by atoms with Crippen LogP contribution in [0.15, 0.2) is 71.6 Å². The average molecular weight is 423 g/mol. The smallest absolute Gasteiger partial charge is 0.261 e. The summed E-state index contributed by atoms with van der Waals surface area (Å²) < 4.78 is 28.0. The van der Waals surface area contributed by atoms with Crippen LogP contribution >= 0.6 is 0 Å². The minimum Gasteiger partial charge on any atom is -0.322 e. The van der Waals surface area contributed by atoms with Gasteiger partial charge in [-0.2, -0.15) is 0 Å². The van der Waals surface area contributed by atoms with E-state index in [1.807, 2.05) is 31.2 Å². The molecule has 0 heterocycles. The quantitative estimate of drug-likeness (QED) is 0.552. The fourth-order valence-corrected chi connectivity index (χ4v) is 4.19. The average Bonchev–Trinajstić information content (AvgIpc) is 2.70. The maximum absolute atomic E-state index is 12.8. The second kappa shape index (κ2) is 8.71. The Morgan fingerprint density at radius 3 is 2.10 bits per heavy atom. The summed E-state index contributed by atoms with van der Waals surface area (Å²) in [5, 5.41) is 2.88. The third kappa shape index (κ3) is 4.89. The molecule has 0 unspecified atom stereocenters. The molecule has 0 saturated carbocycles. The number of amides is 1. The fraction of sp³-hybridized carbons (Fsp3) is 0.208. The normalized spacial score (nSPS) is 11.4. The molecule has 3 rings (SSSR count). The van der Waals surface area contributed by atoms with Crippen molar-refractivity contribution in [2.24, 2.45) is 0 Å². The molecule has 0 atom stereocenters. The van der Waals surface area contributed by atoms with Crippen LogP contribution in [0.5, 0.6) is 0 Å². The van der Waals surface area contributed by atoms with E-state index in [0.29, 0.717) is 28.4 Å². The van der Waals surface area contributed by atoms with Crippen molar-refractivity contribution in [3.63, 3.8) is 0 Å². The lowest BCUT2D eigenvalue weighted by Gasteiger charge is -2.14. The Labute approximate surface area is 178 Å². The van der Waals surface area contributed by atoms with E-state index >= 15 is 0 Å². The van der Waals surface area contributed by atoms with E-state index in [1.54, 1.807) is 49.4 Å². The van der Waals surface area contributed by atoms with Gasteiger partial charge < -0.3 is 5.32 Å². The largest absolute Gasteiger partial charge is 0.322 e. The van der Waals surface area contributed by atoms with Gasteiger partial charge in [-0.25, -0.2) is 8.42 Å². The Balaban J connectivity index is 1.81. The van der Waals surface area contributed by atoms with Gasteiger partial charge in [-0.1, -0.05) is 49.7 Å². The van der Waals surface area contributed by atoms with Crippen LogP contribution in [0.1, 0.15) is 46.8 Å². The summed E-state index contributed by atoms with van der Waals surface area (Å²) in [5.41, 5.74) is 4.20. The Morgan fingerprint density at radius 2 is 1.50 bits per heavy atom. The van der Waals surface area contributed by atoms with Crippen molar-refractivity contribution < 1.29 is 13.2 Å². The number of carbonyl (C=O) groups excluding carboxylic acids is 1. The summed E-state index contributed by atoms with van der Waals surface area (Å²) in [6.07, 6.45) is 0. The predicted octanol–water partition coefficient (Wildman–Crippen LogP) is 5.48. The van der Waals surface area contributed by atoms with Gasteiger partial charge in [-0.15, -0.1) is 0 Å². The van der Waals surface area contributed by atoms with Crippen molar-refractivity contribution in [1.29, 1.82) is 0 Å². The number of nitrogens with one attached hydrogen (secondary N) is 2.